The van der Waals surface area contributed by atoms with E-state index in [2.05, 4.69) is 15.9 Å². The fourth-order valence-electron chi connectivity index (χ4n) is 1.70. The van der Waals surface area contributed by atoms with Crippen molar-refractivity contribution >= 4 is 21.8 Å². The molecule has 0 fully saturated rings. The monoisotopic (exact) mass is 305 g/mol. The quantitative estimate of drug-likeness (QED) is 0.916. The van der Waals surface area contributed by atoms with Crippen LogP contribution in [-0.4, -0.2) is 11.0 Å². The van der Waals surface area contributed by atoms with Crippen molar-refractivity contribution in [2.24, 2.45) is 5.73 Å². The summed E-state index contributed by atoms with van der Waals surface area (Å²) in [6, 6.07) is 13.0. The lowest BCUT2D eigenvalue weighted by Crippen LogP contribution is -2.11. The van der Waals surface area contributed by atoms with Gasteiger partial charge in [0, 0.05) is 4.47 Å². The fraction of sp³-hybridized carbons (Fsp3) is 0.0714. The van der Waals surface area contributed by atoms with Crippen molar-refractivity contribution in [3.63, 3.8) is 0 Å². The van der Waals surface area contributed by atoms with Crippen LogP contribution >= 0.6 is 15.9 Å². The van der Waals surface area contributed by atoms with Gasteiger partial charge in [-0.05, 0) is 44.8 Å². The van der Waals surface area contributed by atoms with Crippen LogP contribution in [0.5, 0.6) is 0 Å². The number of carbonyl (C=O) groups excluding carboxylic acids is 1. The Balaban J connectivity index is 2.44. The summed E-state index contributed by atoms with van der Waals surface area (Å²) in [6.07, 6.45) is 0. The first-order chi connectivity index (χ1) is 8.61. The van der Waals surface area contributed by atoms with Crippen LogP contribution in [0.1, 0.15) is 15.9 Å². The zero-order valence-corrected chi connectivity index (χ0v) is 11.1. The number of aliphatic hydroxyl groups excluding tert-OH is 1. The molecule has 2 rings (SSSR count). The van der Waals surface area contributed by atoms with Gasteiger partial charge in [0.05, 0.1) is 12.2 Å². The number of aliphatic hydroxyl groups is 1. The molecule has 1 amide bonds. The van der Waals surface area contributed by atoms with Gasteiger partial charge in [0.25, 0.3) is 0 Å². The summed E-state index contributed by atoms with van der Waals surface area (Å²) in [4.78, 5) is 11.3. The Morgan fingerprint density at radius 2 is 1.72 bits per heavy atom. The van der Waals surface area contributed by atoms with Crippen LogP contribution in [0.2, 0.25) is 0 Å². The number of benzene rings is 2. The van der Waals surface area contributed by atoms with E-state index in [1.807, 2.05) is 30.3 Å². The smallest absolute Gasteiger partial charge is 0.249 e. The normalized spacial score (nSPS) is 10.3. The summed E-state index contributed by atoms with van der Waals surface area (Å²) in [5.74, 6) is -0.462. The van der Waals surface area contributed by atoms with Crippen molar-refractivity contribution in [2.75, 3.05) is 0 Å². The second-order valence-corrected chi connectivity index (χ2v) is 4.77. The molecule has 0 unspecified atom stereocenters. The number of hydrogen-bond acceptors (Lipinski definition) is 2. The molecule has 0 saturated carbocycles. The highest BCUT2D eigenvalue weighted by molar-refractivity contribution is 9.10. The zero-order valence-electron chi connectivity index (χ0n) is 9.56. The van der Waals surface area contributed by atoms with Crippen molar-refractivity contribution in [3.05, 3.63) is 58.1 Å². The van der Waals surface area contributed by atoms with Crippen molar-refractivity contribution < 1.29 is 9.90 Å². The SMILES string of the molecule is NC(=O)c1cc(-c2ccc(CO)cc2)ccc1Br. The Hall–Kier alpha value is -1.65. The summed E-state index contributed by atoms with van der Waals surface area (Å²) in [7, 11) is 0. The lowest BCUT2D eigenvalue weighted by atomic mass is 10.0. The first kappa shape index (κ1) is 12.8. The number of hydrogen-bond donors (Lipinski definition) is 2. The second kappa shape index (κ2) is 5.33. The lowest BCUT2D eigenvalue weighted by Gasteiger charge is -2.06. The van der Waals surface area contributed by atoms with Gasteiger partial charge >= 0.3 is 0 Å². The molecule has 3 N–H and O–H groups in total. The Morgan fingerprint density at radius 1 is 1.11 bits per heavy atom. The maximum atomic E-state index is 11.3. The summed E-state index contributed by atoms with van der Waals surface area (Å²) in [5, 5.41) is 8.98. The maximum Gasteiger partial charge on any atom is 0.249 e. The van der Waals surface area contributed by atoms with Gasteiger partial charge in [0.15, 0.2) is 0 Å². The molecule has 0 saturated heterocycles. The van der Waals surface area contributed by atoms with Gasteiger partial charge in [-0.25, -0.2) is 0 Å². The van der Waals surface area contributed by atoms with Crippen LogP contribution in [-0.2, 0) is 6.61 Å². The van der Waals surface area contributed by atoms with Gasteiger partial charge in [-0.2, -0.15) is 0 Å². The molecule has 0 aromatic heterocycles. The molecule has 0 aliphatic rings. The average Bonchev–Trinajstić information content (AvgIpc) is 2.39. The number of carbonyl (C=O) groups is 1. The molecular weight excluding hydrogens is 294 g/mol. The first-order valence-electron chi connectivity index (χ1n) is 5.41. The van der Waals surface area contributed by atoms with E-state index in [0.29, 0.717) is 10.0 Å². The lowest BCUT2D eigenvalue weighted by molar-refractivity contribution is 0.0999. The Kier molecular flexibility index (Phi) is 3.79. The van der Waals surface area contributed by atoms with Crippen molar-refractivity contribution in [1.82, 2.24) is 0 Å². The van der Waals surface area contributed by atoms with E-state index in [9.17, 15) is 4.79 Å². The third kappa shape index (κ3) is 2.60. The summed E-state index contributed by atoms with van der Waals surface area (Å²) < 4.78 is 0.686. The van der Waals surface area contributed by atoms with Gasteiger partial charge in [0.2, 0.25) is 5.91 Å². The molecule has 0 atom stereocenters. The molecule has 3 nitrogen and oxygen atoms in total. The molecule has 2 aromatic carbocycles. The first-order valence-corrected chi connectivity index (χ1v) is 6.20. The molecular formula is C14H12BrNO2. The molecule has 18 heavy (non-hydrogen) atoms. The summed E-state index contributed by atoms with van der Waals surface area (Å²) in [6.45, 7) is 0.0210. The minimum atomic E-state index is -0.462. The topological polar surface area (TPSA) is 63.3 Å². The van der Waals surface area contributed by atoms with E-state index < -0.39 is 5.91 Å². The van der Waals surface area contributed by atoms with E-state index in [0.717, 1.165) is 16.7 Å². The maximum absolute atomic E-state index is 11.3. The third-order valence-corrected chi connectivity index (χ3v) is 3.39. The molecule has 92 valence electrons. The predicted molar refractivity (Wildman–Crippen MR) is 74.0 cm³/mol. The molecule has 4 heteroatoms. The second-order valence-electron chi connectivity index (χ2n) is 3.91. The molecule has 0 radical (unpaired) electrons. The largest absolute Gasteiger partial charge is 0.392 e. The Bertz CT molecular complexity index is 579. The molecule has 0 aliphatic heterocycles. The van der Waals surface area contributed by atoms with Gasteiger partial charge in [-0.3, -0.25) is 4.79 Å². The zero-order chi connectivity index (χ0) is 13.1. The number of amides is 1. The molecule has 0 heterocycles. The fourth-order valence-corrected chi connectivity index (χ4v) is 2.14. The van der Waals surface area contributed by atoms with Crippen LogP contribution < -0.4 is 5.73 Å². The van der Waals surface area contributed by atoms with E-state index in [1.165, 1.54) is 0 Å². The molecule has 0 spiro atoms. The van der Waals surface area contributed by atoms with Gasteiger partial charge < -0.3 is 10.8 Å². The number of primary amides is 1. The van der Waals surface area contributed by atoms with Gasteiger partial charge in [-0.15, -0.1) is 0 Å². The van der Waals surface area contributed by atoms with E-state index >= 15 is 0 Å². The van der Waals surface area contributed by atoms with Gasteiger partial charge in [0.1, 0.15) is 0 Å². The Morgan fingerprint density at radius 3 is 2.28 bits per heavy atom. The van der Waals surface area contributed by atoms with Crippen LogP contribution in [0.15, 0.2) is 46.9 Å². The molecule has 0 bridgehead atoms. The third-order valence-electron chi connectivity index (χ3n) is 2.70. The number of nitrogens with two attached hydrogens (primary N) is 1. The highest BCUT2D eigenvalue weighted by atomic mass is 79.9. The van der Waals surface area contributed by atoms with Crippen molar-refractivity contribution in [2.45, 2.75) is 6.61 Å². The molecule has 0 aliphatic carbocycles. The van der Waals surface area contributed by atoms with Crippen LogP contribution in [0.3, 0.4) is 0 Å². The number of rotatable bonds is 3. The Labute approximate surface area is 113 Å². The molecule has 2 aromatic rings. The van der Waals surface area contributed by atoms with Crippen LogP contribution in [0, 0.1) is 0 Å². The van der Waals surface area contributed by atoms with Crippen LogP contribution in [0.25, 0.3) is 11.1 Å². The van der Waals surface area contributed by atoms with Gasteiger partial charge in [-0.1, -0.05) is 30.3 Å². The van der Waals surface area contributed by atoms with Crippen molar-refractivity contribution in [3.8, 4) is 11.1 Å². The summed E-state index contributed by atoms with van der Waals surface area (Å²) >= 11 is 3.29. The minimum Gasteiger partial charge on any atom is -0.392 e. The van der Waals surface area contributed by atoms with E-state index in [4.69, 9.17) is 10.8 Å². The number of halogens is 1. The van der Waals surface area contributed by atoms with E-state index in [-0.39, 0.29) is 6.61 Å². The minimum absolute atomic E-state index is 0.0210. The van der Waals surface area contributed by atoms with Crippen LogP contribution in [0.4, 0.5) is 0 Å². The predicted octanol–water partition coefficient (Wildman–Crippen LogP) is 2.71. The average molecular weight is 306 g/mol. The highest BCUT2D eigenvalue weighted by Crippen LogP contribution is 2.25. The summed E-state index contributed by atoms with van der Waals surface area (Å²) in [5.41, 5.74) is 8.50. The highest BCUT2D eigenvalue weighted by Gasteiger charge is 2.08. The standard InChI is InChI=1S/C14H12BrNO2/c15-13-6-5-11(7-12(13)14(16)18)10-3-1-9(8-17)2-4-10/h1-7,17H,8H2,(H2,16,18). The van der Waals surface area contributed by atoms with Crippen molar-refractivity contribution in [1.29, 1.82) is 0 Å². The van der Waals surface area contributed by atoms with E-state index in [1.54, 1.807) is 12.1 Å².